The Morgan fingerprint density at radius 1 is 0.415 bits per heavy atom. The zero-order valence-electron chi connectivity index (χ0n) is 22.1. The molecule has 0 amide bonds. The SMILES string of the molecule is OC1(c2cc(Cl)ccc2-c2ccc(Cl)cc2)c2ccccc2C(c2ccccc2)(c2ccccc2)c2ccccc21. The summed E-state index contributed by atoms with van der Waals surface area (Å²) in [6.07, 6.45) is 0. The topological polar surface area (TPSA) is 20.2 Å². The Balaban J connectivity index is 1.63. The van der Waals surface area contributed by atoms with E-state index in [1.165, 1.54) is 0 Å². The summed E-state index contributed by atoms with van der Waals surface area (Å²) in [6.45, 7) is 0. The van der Waals surface area contributed by atoms with Crippen molar-refractivity contribution in [3.05, 3.63) is 201 Å². The number of hydrogen-bond acceptors (Lipinski definition) is 1. The van der Waals surface area contributed by atoms with Gasteiger partial charge < -0.3 is 5.11 Å². The second-order valence-electron chi connectivity index (χ2n) is 10.5. The van der Waals surface area contributed by atoms with Crippen LogP contribution in [0.5, 0.6) is 0 Å². The van der Waals surface area contributed by atoms with E-state index in [2.05, 4.69) is 84.9 Å². The summed E-state index contributed by atoms with van der Waals surface area (Å²) in [5, 5.41) is 14.5. The van der Waals surface area contributed by atoms with Crippen LogP contribution in [0.3, 0.4) is 0 Å². The third kappa shape index (κ3) is 3.89. The molecule has 0 atom stereocenters. The molecule has 0 bridgehead atoms. The molecule has 1 aliphatic rings. The quantitative estimate of drug-likeness (QED) is 0.224. The van der Waals surface area contributed by atoms with Gasteiger partial charge in [-0.1, -0.05) is 151 Å². The Labute approximate surface area is 250 Å². The van der Waals surface area contributed by atoms with Crippen LogP contribution in [-0.4, -0.2) is 5.11 Å². The van der Waals surface area contributed by atoms with Gasteiger partial charge in [-0.3, -0.25) is 0 Å². The summed E-state index contributed by atoms with van der Waals surface area (Å²) in [4.78, 5) is 0. The molecule has 6 aromatic carbocycles. The minimum absolute atomic E-state index is 0.559. The molecule has 0 saturated carbocycles. The Bertz CT molecular complexity index is 1770. The van der Waals surface area contributed by atoms with Crippen molar-refractivity contribution in [1.82, 2.24) is 0 Å². The minimum atomic E-state index is -1.49. The monoisotopic (exact) mass is 568 g/mol. The van der Waals surface area contributed by atoms with Crippen LogP contribution in [0.1, 0.15) is 38.9 Å². The first-order valence-electron chi connectivity index (χ1n) is 13.6. The number of fused-ring (bicyclic) bond motifs is 2. The van der Waals surface area contributed by atoms with Gasteiger partial charge in [0.15, 0.2) is 0 Å². The van der Waals surface area contributed by atoms with Gasteiger partial charge in [0.1, 0.15) is 5.60 Å². The van der Waals surface area contributed by atoms with Crippen LogP contribution in [0.2, 0.25) is 10.0 Å². The zero-order chi connectivity index (χ0) is 28.0. The van der Waals surface area contributed by atoms with Crippen LogP contribution in [0.15, 0.2) is 152 Å². The molecule has 7 rings (SSSR count). The van der Waals surface area contributed by atoms with E-state index < -0.39 is 11.0 Å². The molecule has 1 aliphatic carbocycles. The van der Waals surface area contributed by atoms with Crippen LogP contribution >= 0.6 is 23.2 Å². The first-order valence-corrected chi connectivity index (χ1v) is 14.4. The molecule has 1 N–H and O–H groups in total. The molecule has 41 heavy (non-hydrogen) atoms. The van der Waals surface area contributed by atoms with E-state index >= 15 is 0 Å². The fourth-order valence-electron chi connectivity index (χ4n) is 6.69. The van der Waals surface area contributed by atoms with E-state index in [0.717, 1.165) is 50.1 Å². The van der Waals surface area contributed by atoms with Gasteiger partial charge in [-0.25, -0.2) is 0 Å². The third-order valence-corrected chi connectivity index (χ3v) is 8.87. The Morgan fingerprint density at radius 3 is 1.37 bits per heavy atom. The second kappa shape index (κ2) is 10.0. The van der Waals surface area contributed by atoms with Gasteiger partial charge in [0.05, 0.1) is 5.41 Å². The first-order chi connectivity index (χ1) is 20.0. The van der Waals surface area contributed by atoms with Crippen molar-refractivity contribution < 1.29 is 5.11 Å². The van der Waals surface area contributed by atoms with E-state index in [4.69, 9.17) is 23.2 Å². The highest BCUT2D eigenvalue weighted by Gasteiger charge is 2.52. The molecule has 198 valence electrons. The predicted octanol–water partition coefficient (Wildman–Crippen LogP) is 9.64. The Morgan fingerprint density at radius 2 is 0.854 bits per heavy atom. The molecule has 0 spiro atoms. The number of benzene rings is 6. The lowest BCUT2D eigenvalue weighted by Crippen LogP contribution is -2.45. The van der Waals surface area contributed by atoms with Crippen molar-refractivity contribution in [3.8, 4) is 11.1 Å². The fraction of sp³-hybridized carbons (Fsp3) is 0.0526. The van der Waals surface area contributed by atoms with E-state index in [1.807, 2.05) is 66.7 Å². The van der Waals surface area contributed by atoms with Crippen LogP contribution < -0.4 is 0 Å². The highest BCUT2D eigenvalue weighted by Crippen LogP contribution is 2.58. The summed E-state index contributed by atoms with van der Waals surface area (Å²) in [6, 6.07) is 51.2. The fourth-order valence-corrected chi connectivity index (χ4v) is 6.99. The lowest BCUT2D eigenvalue weighted by molar-refractivity contribution is 0.119. The molecule has 0 aliphatic heterocycles. The van der Waals surface area contributed by atoms with Crippen LogP contribution in [0, 0.1) is 0 Å². The van der Waals surface area contributed by atoms with Crippen molar-refractivity contribution >= 4 is 23.2 Å². The van der Waals surface area contributed by atoms with E-state index in [1.54, 1.807) is 0 Å². The van der Waals surface area contributed by atoms with Crippen molar-refractivity contribution in [1.29, 1.82) is 0 Å². The van der Waals surface area contributed by atoms with E-state index in [0.29, 0.717) is 10.0 Å². The Kier molecular flexibility index (Phi) is 6.32. The molecule has 0 aromatic heterocycles. The number of rotatable bonds is 4. The minimum Gasteiger partial charge on any atom is -0.376 e. The lowest BCUT2D eigenvalue weighted by Gasteiger charge is -2.48. The molecular formula is C38H26Cl2O. The van der Waals surface area contributed by atoms with Gasteiger partial charge >= 0.3 is 0 Å². The molecule has 0 radical (unpaired) electrons. The summed E-state index contributed by atoms with van der Waals surface area (Å²) in [5.74, 6) is 0. The number of hydrogen-bond donors (Lipinski definition) is 1. The third-order valence-electron chi connectivity index (χ3n) is 8.38. The normalized spacial score (nSPS) is 14.6. The summed E-state index contributed by atoms with van der Waals surface area (Å²) >= 11 is 12.9. The first kappa shape index (κ1) is 25.8. The summed E-state index contributed by atoms with van der Waals surface area (Å²) < 4.78 is 0. The number of aliphatic hydroxyl groups is 1. The largest absolute Gasteiger partial charge is 0.376 e. The number of halogens is 2. The Hall–Kier alpha value is -4.14. The van der Waals surface area contributed by atoms with Crippen molar-refractivity contribution in [2.75, 3.05) is 0 Å². The van der Waals surface area contributed by atoms with E-state index in [9.17, 15) is 5.11 Å². The molecule has 0 unspecified atom stereocenters. The maximum atomic E-state index is 13.3. The second-order valence-corrected chi connectivity index (χ2v) is 11.4. The van der Waals surface area contributed by atoms with Gasteiger partial charge in [0, 0.05) is 15.6 Å². The van der Waals surface area contributed by atoms with Gasteiger partial charge in [-0.2, -0.15) is 0 Å². The maximum absolute atomic E-state index is 13.3. The average molecular weight is 570 g/mol. The van der Waals surface area contributed by atoms with Crippen molar-refractivity contribution in [2.24, 2.45) is 0 Å². The lowest BCUT2D eigenvalue weighted by atomic mass is 9.55. The van der Waals surface area contributed by atoms with Crippen LogP contribution in [0.4, 0.5) is 0 Å². The smallest absolute Gasteiger partial charge is 0.141 e. The van der Waals surface area contributed by atoms with E-state index in [-0.39, 0.29) is 0 Å². The molecule has 0 fully saturated rings. The molecule has 0 heterocycles. The molecule has 0 saturated heterocycles. The van der Waals surface area contributed by atoms with Gasteiger partial charge in [-0.05, 0) is 68.8 Å². The predicted molar refractivity (Wildman–Crippen MR) is 169 cm³/mol. The summed E-state index contributed by atoms with van der Waals surface area (Å²) in [7, 11) is 0. The maximum Gasteiger partial charge on any atom is 0.141 e. The standard InChI is InChI=1S/C38H26Cl2O/c39-29-21-19-26(20-22-29)31-24-23-30(40)25-36(31)38(41)34-17-9-7-15-32(34)37(27-11-3-1-4-12-27,28-13-5-2-6-14-28)33-16-8-10-18-35(33)38/h1-25,41H. The molecule has 3 heteroatoms. The van der Waals surface area contributed by atoms with Crippen LogP contribution in [0.25, 0.3) is 11.1 Å². The molecular weight excluding hydrogens is 543 g/mol. The van der Waals surface area contributed by atoms with Crippen molar-refractivity contribution in [3.63, 3.8) is 0 Å². The van der Waals surface area contributed by atoms with Gasteiger partial charge in [0.25, 0.3) is 0 Å². The van der Waals surface area contributed by atoms with Gasteiger partial charge in [0.2, 0.25) is 0 Å². The van der Waals surface area contributed by atoms with Crippen LogP contribution in [-0.2, 0) is 11.0 Å². The molecule has 6 aromatic rings. The summed E-state index contributed by atoms with van der Waals surface area (Å²) in [5.41, 5.74) is 6.41. The van der Waals surface area contributed by atoms with Crippen molar-refractivity contribution in [2.45, 2.75) is 11.0 Å². The average Bonchev–Trinajstić information content (AvgIpc) is 3.03. The highest BCUT2D eigenvalue weighted by molar-refractivity contribution is 6.31. The molecule has 1 nitrogen and oxygen atoms in total. The zero-order valence-corrected chi connectivity index (χ0v) is 23.6. The highest BCUT2D eigenvalue weighted by atomic mass is 35.5. The van der Waals surface area contributed by atoms with Gasteiger partial charge in [-0.15, -0.1) is 0 Å².